The lowest BCUT2D eigenvalue weighted by molar-refractivity contribution is 0.0965. The number of fused-ring (bicyclic) bond motifs is 3. The first-order valence-electron chi connectivity index (χ1n) is 33.5. The Morgan fingerprint density at radius 3 is 0.869 bits per heavy atom. The molecule has 0 bridgehead atoms. The molecule has 3 aromatic heterocycles. The van der Waals surface area contributed by atoms with Crippen molar-refractivity contribution in [2.75, 3.05) is 0 Å². The molecule has 0 aliphatic heterocycles. The van der Waals surface area contributed by atoms with Crippen molar-refractivity contribution in [1.82, 2.24) is 15.0 Å². The van der Waals surface area contributed by atoms with Crippen molar-refractivity contribution >= 4 is 42.1 Å². The summed E-state index contributed by atoms with van der Waals surface area (Å²) < 4.78 is 0. The molecule has 8 heteroatoms. The maximum atomic E-state index is 14.3. The summed E-state index contributed by atoms with van der Waals surface area (Å²) in [6, 6.07) is 98.7. The monoisotopic (exact) mass is 1280 g/mol. The second kappa shape index (κ2) is 29.6. The van der Waals surface area contributed by atoms with Crippen LogP contribution in [0.15, 0.2) is 308 Å². The van der Waals surface area contributed by atoms with Gasteiger partial charge in [-0.2, -0.15) is 0 Å². The molecule has 99 heavy (non-hydrogen) atoms. The summed E-state index contributed by atoms with van der Waals surface area (Å²) in [5, 5.41) is 0. The molecule has 10 aromatic carbocycles. The average Bonchev–Trinajstić information content (AvgIpc) is 0.783. The maximum Gasteiger partial charge on any atom is 0.207 e. The summed E-state index contributed by atoms with van der Waals surface area (Å²) in [6.07, 6.45) is 10.9. The van der Waals surface area contributed by atoms with E-state index >= 15 is 0 Å². The van der Waals surface area contributed by atoms with Crippen molar-refractivity contribution in [3.63, 3.8) is 0 Å². The Labute approximate surface area is 576 Å². The second-order valence-corrected chi connectivity index (χ2v) is 24.9. The van der Waals surface area contributed by atoms with Crippen LogP contribution in [0.1, 0.15) is 106 Å². The number of aldehydes is 2. The Hall–Kier alpha value is -12.5. The first-order valence-corrected chi connectivity index (χ1v) is 33.5. The van der Waals surface area contributed by atoms with E-state index in [1.807, 2.05) is 206 Å². The number of hydrogen-bond donors (Lipinski definition) is 0. The van der Waals surface area contributed by atoms with Gasteiger partial charge in [-0.05, 0) is 177 Å². The first-order chi connectivity index (χ1) is 48.7. The highest BCUT2D eigenvalue weighted by Gasteiger charge is 2.30. The van der Waals surface area contributed by atoms with Crippen LogP contribution in [0.25, 0.3) is 102 Å². The fourth-order valence-electron chi connectivity index (χ4n) is 13.4. The number of carbonyl (C=O) groups excluding carboxylic acids is 5. The Morgan fingerprint density at radius 2 is 0.535 bits per heavy atom. The summed E-state index contributed by atoms with van der Waals surface area (Å²) in [4.78, 5) is 77.0. The van der Waals surface area contributed by atoms with Gasteiger partial charge in [-0.3, -0.25) is 24.0 Å². The smallest absolute Gasteiger partial charge is 0.207 e. The van der Waals surface area contributed by atoms with E-state index in [1.165, 1.54) is 0 Å². The van der Waals surface area contributed by atoms with E-state index < -0.39 is 0 Å². The number of carbonyl (C=O) groups is 5. The van der Waals surface area contributed by atoms with Crippen LogP contribution in [0, 0.1) is 0 Å². The van der Waals surface area contributed by atoms with Gasteiger partial charge in [-0.15, -0.1) is 0 Å². The Bertz CT molecular complexity index is 4990. The molecular formula is C91H67N3O5. The zero-order chi connectivity index (χ0) is 67.4. The standard InChI is InChI=1S/C56H40N2O2.C21H17NO.C14H10O2/c59-55-45(27-29-47-49(39-17-5-1-6-18-39)35-51(57-53(47)55)41-21-9-3-10-22-41)33-37-15-13-25-43(31-37)44-26-14-16-38(32-44)34-46-28-30-48-50(40-19-7-2-8-20-40)36-52(58-54(48)56(46)60)42-23-11-4-12-24-42;23-20-13-7-12-17-18(15-8-3-1-4-9-15)14-19(22-21(17)20)16-10-5-2-6-11-16;15-9-11-3-1-5-13(7-11)14-6-2-4-12(8-14)10-16/h1-26,31-36H,27-30H2;1-6,8-11,14H,7,12-13H2;1-10H/b45-33+,46-34+;;. The summed E-state index contributed by atoms with van der Waals surface area (Å²) in [5.41, 5.74) is 25.5. The third kappa shape index (κ3) is 14.4. The number of Topliss-reactive ketones (excluding diaryl/α,β-unsaturated/α-hetero) is 3. The molecule has 0 spiro atoms. The number of allylic oxidation sites excluding steroid dienone is 2. The number of pyridine rings is 3. The van der Waals surface area contributed by atoms with Gasteiger partial charge in [-0.25, -0.2) is 15.0 Å². The van der Waals surface area contributed by atoms with Crippen LogP contribution >= 0.6 is 0 Å². The fourth-order valence-corrected chi connectivity index (χ4v) is 13.4. The SMILES string of the molecule is O=C1/C(=C/c2cccc(-c3cccc(/C=C4\CCc5c(-c6ccccc6)cc(-c6ccccc6)nc5C4=O)c3)c2)CCc2c(-c3ccccc3)cc(-c3ccccc3)nc21.O=C1CCCc2c(-c3ccccc3)cc(-c3ccccc3)nc21.O=Cc1cccc(-c2cccc(C=O)c2)c1. The van der Waals surface area contributed by atoms with Crippen molar-refractivity contribution in [2.45, 2.75) is 44.9 Å². The number of ketones is 3. The molecule has 13 aromatic rings. The van der Waals surface area contributed by atoms with Crippen molar-refractivity contribution in [2.24, 2.45) is 0 Å². The third-order valence-electron chi connectivity index (χ3n) is 18.4. The van der Waals surface area contributed by atoms with Gasteiger partial charge >= 0.3 is 0 Å². The minimum absolute atomic E-state index is 0.0229. The van der Waals surface area contributed by atoms with Crippen molar-refractivity contribution < 1.29 is 24.0 Å². The van der Waals surface area contributed by atoms with Crippen LogP contribution in [0.4, 0.5) is 0 Å². The van der Waals surface area contributed by atoms with E-state index in [1.54, 1.807) is 24.3 Å². The molecule has 0 fully saturated rings. The van der Waals surface area contributed by atoms with Crippen molar-refractivity contribution in [3.8, 4) is 89.4 Å². The highest BCUT2D eigenvalue weighted by Crippen LogP contribution is 2.40. The Balaban J connectivity index is 0.000000173. The Kier molecular flexibility index (Phi) is 19.1. The van der Waals surface area contributed by atoms with E-state index in [0.29, 0.717) is 47.5 Å². The van der Waals surface area contributed by atoms with Crippen molar-refractivity contribution in [3.05, 3.63) is 364 Å². The van der Waals surface area contributed by atoms with Crippen LogP contribution in [0.5, 0.6) is 0 Å². The highest BCUT2D eigenvalue weighted by molar-refractivity contribution is 6.14. The van der Waals surface area contributed by atoms with E-state index in [9.17, 15) is 24.0 Å². The average molecular weight is 1280 g/mol. The van der Waals surface area contributed by atoms with Gasteiger partial charge in [0, 0.05) is 45.4 Å². The van der Waals surface area contributed by atoms with Crippen LogP contribution < -0.4 is 0 Å². The minimum atomic E-state index is -0.0229. The molecule has 0 amide bonds. The molecule has 3 aliphatic rings. The lowest BCUT2D eigenvalue weighted by Crippen LogP contribution is -2.18. The molecule has 0 unspecified atom stereocenters. The molecule has 0 N–H and O–H groups in total. The van der Waals surface area contributed by atoms with Gasteiger partial charge in [-0.1, -0.05) is 255 Å². The lowest BCUT2D eigenvalue weighted by Gasteiger charge is -2.22. The molecule has 0 atom stereocenters. The maximum absolute atomic E-state index is 14.3. The van der Waals surface area contributed by atoms with Gasteiger partial charge in [0.25, 0.3) is 0 Å². The topological polar surface area (TPSA) is 124 Å². The second-order valence-electron chi connectivity index (χ2n) is 24.9. The molecule has 8 nitrogen and oxygen atoms in total. The quantitative estimate of drug-likeness (QED) is 0.0875. The predicted octanol–water partition coefficient (Wildman–Crippen LogP) is 21.1. The Morgan fingerprint density at radius 1 is 0.253 bits per heavy atom. The zero-order valence-electron chi connectivity index (χ0n) is 54.4. The number of nitrogens with zero attached hydrogens (tertiary/aromatic N) is 3. The molecule has 476 valence electrons. The van der Waals surface area contributed by atoms with E-state index in [2.05, 4.69) is 78.9 Å². The van der Waals surface area contributed by atoms with Gasteiger partial charge in [0.05, 0.1) is 17.1 Å². The number of hydrogen-bond acceptors (Lipinski definition) is 8. The lowest BCUT2D eigenvalue weighted by atomic mass is 9.84. The van der Waals surface area contributed by atoms with E-state index in [-0.39, 0.29) is 17.3 Å². The summed E-state index contributed by atoms with van der Waals surface area (Å²) in [5.74, 6) is 0.122. The number of rotatable bonds is 12. The molecule has 0 saturated carbocycles. The summed E-state index contributed by atoms with van der Waals surface area (Å²) in [7, 11) is 0. The van der Waals surface area contributed by atoms with Crippen molar-refractivity contribution in [1.29, 1.82) is 0 Å². The predicted molar refractivity (Wildman–Crippen MR) is 398 cm³/mol. The number of aromatic nitrogens is 3. The molecule has 0 saturated heterocycles. The van der Waals surface area contributed by atoms with E-state index in [0.717, 1.165) is 167 Å². The largest absolute Gasteiger partial charge is 0.298 e. The van der Waals surface area contributed by atoms with Crippen LogP contribution in [0.2, 0.25) is 0 Å². The first kappa shape index (κ1) is 63.9. The van der Waals surface area contributed by atoms with Gasteiger partial charge < -0.3 is 0 Å². The van der Waals surface area contributed by atoms with E-state index in [4.69, 9.17) is 15.0 Å². The van der Waals surface area contributed by atoms with Gasteiger partial charge in [0.2, 0.25) is 11.6 Å². The normalized spacial score (nSPS) is 13.8. The molecule has 16 rings (SSSR count). The van der Waals surface area contributed by atoms with Crippen LogP contribution in [-0.4, -0.2) is 44.9 Å². The number of benzene rings is 10. The third-order valence-corrected chi connectivity index (χ3v) is 18.4. The van der Waals surface area contributed by atoms with Gasteiger partial charge in [0.15, 0.2) is 5.78 Å². The zero-order valence-corrected chi connectivity index (χ0v) is 54.4. The minimum Gasteiger partial charge on any atom is -0.298 e. The van der Waals surface area contributed by atoms with Gasteiger partial charge in [0.1, 0.15) is 29.7 Å². The molecule has 3 heterocycles. The molecule has 3 aliphatic carbocycles. The fraction of sp³-hybridized carbons (Fsp3) is 0.0769. The van der Waals surface area contributed by atoms with Crippen LogP contribution in [-0.2, 0) is 19.3 Å². The molecule has 0 radical (unpaired) electrons. The highest BCUT2D eigenvalue weighted by atomic mass is 16.1. The summed E-state index contributed by atoms with van der Waals surface area (Å²) in [6.45, 7) is 0. The molecular weight excluding hydrogens is 1220 g/mol. The van der Waals surface area contributed by atoms with Crippen LogP contribution in [0.3, 0.4) is 0 Å². The summed E-state index contributed by atoms with van der Waals surface area (Å²) >= 11 is 0.